The molecule has 0 aromatic rings. The van der Waals surface area contributed by atoms with Gasteiger partial charge in [0.1, 0.15) is 0 Å². The summed E-state index contributed by atoms with van der Waals surface area (Å²) >= 11 is 0. The van der Waals surface area contributed by atoms with Gasteiger partial charge in [0.2, 0.25) is 0 Å². The molecule has 0 fully saturated rings. The van der Waals surface area contributed by atoms with Crippen LogP contribution in [-0.4, -0.2) is 5.91 Å². The van der Waals surface area contributed by atoms with Gasteiger partial charge < -0.3 is 0 Å². The maximum atomic E-state index is 10.6. The number of nitrogens with one attached hydrogen (secondary N) is 2. The van der Waals surface area contributed by atoms with Crippen LogP contribution in [0.15, 0.2) is 16.9 Å². The number of carbonyl (C=O) groups excluding carboxylic acids is 1. The molecule has 0 unspecified atom stereocenters. The van der Waals surface area contributed by atoms with E-state index < -0.39 is 0 Å². The molecule has 0 heterocycles. The van der Waals surface area contributed by atoms with Crippen molar-refractivity contribution in [2.24, 2.45) is 5.22 Å². The van der Waals surface area contributed by atoms with Gasteiger partial charge in [0.25, 0.3) is 5.91 Å². The summed E-state index contributed by atoms with van der Waals surface area (Å²) in [5.74, 6) is -0.339. The molecule has 4 heteroatoms. The van der Waals surface area contributed by atoms with E-state index in [0.717, 1.165) is 12.0 Å². The van der Waals surface area contributed by atoms with E-state index >= 15 is 0 Å². The van der Waals surface area contributed by atoms with Crippen molar-refractivity contribution in [1.82, 2.24) is 5.43 Å². The highest BCUT2D eigenvalue weighted by Crippen LogP contribution is 1.95. The van der Waals surface area contributed by atoms with Gasteiger partial charge in [-0.25, -0.2) is 5.43 Å². The molecule has 0 rings (SSSR count). The zero-order valence-electron chi connectivity index (χ0n) is 6.14. The first kappa shape index (κ1) is 8.81. The van der Waals surface area contributed by atoms with Gasteiger partial charge in [0, 0.05) is 6.08 Å². The van der Waals surface area contributed by atoms with Gasteiger partial charge in [-0.15, -0.1) is 0 Å². The van der Waals surface area contributed by atoms with Crippen LogP contribution in [0.2, 0.25) is 0 Å². The molecule has 1 amide bonds. The summed E-state index contributed by atoms with van der Waals surface area (Å²) in [5.41, 5.74) is 9.26. The summed E-state index contributed by atoms with van der Waals surface area (Å²) in [4.78, 5) is 10.6. The Hall–Kier alpha value is -1.19. The van der Waals surface area contributed by atoms with E-state index in [-0.39, 0.29) is 5.91 Å². The van der Waals surface area contributed by atoms with E-state index in [1.54, 1.807) is 0 Å². The van der Waals surface area contributed by atoms with Crippen molar-refractivity contribution >= 4 is 5.91 Å². The second kappa shape index (κ2) is 4.67. The van der Waals surface area contributed by atoms with Crippen molar-refractivity contribution in [3.63, 3.8) is 0 Å². The molecule has 0 aliphatic rings. The Morgan fingerprint density at radius 3 is 2.80 bits per heavy atom. The highest BCUT2D eigenvalue weighted by Gasteiger charge is 1.92. The van der Waals surface area contributed by atoms with E-state index in [9.17, 15) is 4.79 Å². The average molecular weight is 141 g/mol. The number of rotatable bonds is 3. The molecule has 0 saturated heterocycles. The normalized spacial score (nSPS) is 10.8. The Morgan fingerprint density at radius 2 is 2.40 bits per heavy atom. The first-order chi connectivity index (χ1) is 4.70. The Bertz CT molecular complexity index is 162. The quantitative estimate of drug-likeness (QED) is 0.348. The third-order valence-electron chi connectivity index (χ3n) is 1.10. The zero-order valence-corrected chi connectivity index (χ0v) is 6.14. The second-order valence-electron chi connectivity index (χ2n) is 1.93. The van der Waals surface area contributed by atoms with Gasteiger partial charge in [-0.3, -0.25) is 4.79 Å². The van der Waals surface area contributed by atoms with Crippen LogP contribution < -0.4 is 5.43 Å². The van der Waals surface area contributed by atoms with E-state index in [4.69, 9.17) is 5.53 Å². The van der Waals surface area contributed by atoms with E-state index in [1.165, 1.54) is 6.08 Å². The third-order valence-corrected chi connectivity index (χ3v) is 1.10. The van der Waals surface area contributed by atoms with Crippen molar-refractivity contribution in [3.8, 4) is 0 Å². The lowest BCUT2D eigenvalue weighted by Crippen LogP contribution is -2.13. The standard InChI is InChI=1S/C6H11N3O/c1-3-5(2)4-6(10)8-9-7/h4H,3H2,1-2H3,(H2,7,8,10)/b5-4+. The fraction of sp³-hybridized carbons (Fsp3) is 0.500. The SMILES string of the molecule is CC/C(C)=C/C(=O)NN=N. The number of amides is 1. The molecular formula is C6H11N3O. The minimum atomic E-state index is -0.339. The number of nitrogens with zero attached hydrogens (tertiary/aromatic N) is 1. The lowest BCUT2D eigenvalue weighted by molar-refractivity contribution is -0.116. The summed E-state index contributed by atoms with van der Waals surface area (Å²) in [6.07, 6.45) is 2.27. The zero-order chi connectivity index (χ0) is 7.98. The van der Waals surface area contributed by atoms with Crippen LogP contribution in [0.3, 0.4) is 0 Å². The van der Waals surface area contributed by atoms with Crippen LogP contribution in [0.1, 0.15) is 20.3 Å². The number of carbonyl (C=O) groups is 1. The summed E-state index contributed by atoms with van der Waals surface area (Å²) in [6, 6.07) is 0. The molecule has 0 atom stereocenters. The van der Waals surface area contributed by atoms with Gasteiger partial charge in [0.05, 0.1) is 0 Å². The Labute approximate surface area is 59.8 Å². The maximum absolute atomic E-state index is 10.6. The van der Waals surface area contributed by atoms with Gasteiger partial charge in [-0.05, 0) is 13.3 Å². The van der Waals surface area contributed by atoms with Crippen LogP contribution in [-0.2, 0) is 4.79 Å². The molecule has 0 radical (unpaired) electrons. The average Bonchev–Trinajstić information content (AvgIpc) is 1.88. The van der Waals surface area contributed by atoms with E-state index in [0.29, 0.717) is 0 Å². The van der Waals surface area contributed by atoms with Gasteiger partial charge in [-0.2, -0.15) is 5.53 Å². The van der Waals surface area contributed by atoms with Gasteiger partial charge >= 0.3 is 0 Å². The number of allylic oxidation sites excluding steroid dienone is 1. The van der Waals surface area contributed by atoms with Crippen molar-refractivity contribution in [2.45, 2.75) is 20.3 Å². The lowest BCUT2D eigenvalue weighted by atomic mass is 10.2. The van der Waals surface area contributed by atoms with Crippen molar-refractivity contribution in [2.75, 3.05) is 0 Å². The molecular weight excluding hydrogens is 130 g/mol. The third kappa shape index (κ3) is 3.77. The topological polar surface area (TPSA) is 65.3 Å². The van der Waals surface area contributed by atoms with Crippen LogP contribution >= 0.6 is 0 Å². The molecule has 0 aromatic carbocycles. The summed E-state index contributed by atoms with van der Waals surface area (Å²) in [7, 11) is 0. The monoisotopic (exact) mass is 141 g/mol. The molecule has 56 valence electrons. The first-order valence-corrected chi connectivity index (χ1v) is 3.04. The predicted octanol–water partition coefficient (Wildman–Crippen LogP) is 1.40. The van der Waals surface area contributed by atoms with Crippen molar-refractivity contribution in [1.29, 1.82) is 5.53 Å². The molecule has 0 aromatic heterocycles. The minimum Gasteiger partial charge on any atom is -0.268 e. The smallest absolute Gasteiger partial charge is 0.265 e. The Balaban J connectivity index is 3.86. The molecule has 10 heavy (non-hydrogen) atoms. The van der Waals surface area contributed by atoms with Crippen molar-refractivity contribution in [3.05, 3.63) is 11.6 Å². The highest BCUT2D eigenvalue weighted by atomic mass is 16.2. The molecule has 0 saturated carbocycles. The predicted molar refractivity (Wildman–Crippen MR) is 37.3 cm³/mol. The molecule has 0 aliphatic heterocycles. The summed E-state index contributed by atoms with van der Waals surface area (Å²) in [5, 5.41) is 2.73. The number of hydrogen-bond donors (Lipinski definition) is 2. The maximum Gasteiger partial charge on any atom is 0.265 e. The summed E-state index contributed by atoms with van der Waals surface area (Å²) < 4.78 is 0. The minimum absolute atomic E-state index is 0.339. The fourth-order valence-electron chi connectivity index (χ4n) is 0.413. The summed E-state index contributed by atoms with van der Waals surface area (Å²) in [6.45, 7) is 3.81. The molecule has 0 bridgehead atoms. The van der Waals surface area contributed by atoms with Crippen molar-refractivity contribution < 1.29 is 4.79 Å². The van der Waals surface area contributed by atoms with E-state index in [1.807, 2.05) is 19.3 Å². The first-order valence-electron chi connectivity index (χ1n) is 3.04. The molecule has 0 spiro atoms. The van der Waals surface area contributed by atoms with Crippen LogP contribution in [0.25, 0.3) is 0 Å². The number of hydrogen-bond acceptors (Lipinski definition) is 3. The molecule has 4 nitrogen and oxygen atoms in total. The van der Waals surface area contributed by atoms with Crippen LogP contribution in [0, 0.1) is 5.53 Å². The highest BCUT2D eigenvalue weighted by molar-refractivity contribution is 5.87. The van der Waals surface area contributed by atoms with Crippen LogP contribution in [0.4, 0.5) is 0 Å². The molecule has 2 N–H and O–H groups in total. The van der Waals surface area contributed by atoms with Crippen LogP contribution in [0.5, 0.6) is 0 Å². The lowest BCUT2D eigenvalue weighted by Gasteiger charge is -1.92. The molecule has 0 aliphatic carbocycles. The largest absolute Gasteiger partial charge is 0.268 e. The van der Waals surface area contributed by atoms with E-state index in [2.05, 4.69) is 5.22 Å². The Morgan fingerprint density at radius 1 is 1.80 bits per heavy atom. The van der Waals surface area contributed by atoms with Gasteiger partial charge in [0.15, 0.2) is 0 Å². The second-order valence-corrected chi connectivity index (χ2v) is 1.93. The Kier molecular flexibility index (Phi) is 4.11. The fourth-order valence-corrected chi connectivity index (χ4v) is 0.413. The van der Waals surface area contributed by atoms with Gasteiger partial charge in [-0.1, -0.05) is 17.7 Å².